The Kier molecular flexibility index (Phi) is 6.79. The maximum Gasteiger partial charge on any atom is 0.00944 e. The second-order valence-electron chi connectivity index (χ2n) is 2.99. The van der Waals surface area contributed by atoms with Crippen molar-refractivity contribution in [1.82, 2.24) is 0 Å². The third-order valence-electron chi connectivity index (χ3n) is 2.14. The van der Waals surface area contributed by atoms with Gasteiger partial charge in [-0.05, 0) is 28.1 Å². The van der Waals surface area contributed by atoms with E-state index in [4.69, 9.17) is 0 Å². The zero-order chi connectivity index (χ0) is 7.44. The molecule has 0 aromatic rings. The summed E-state index contributed by atoms with van der Waals surface area (Å²) >= 11 is 0. The van der Waals surface area contributed by atoms with Gasteiger partial charge in [0, 0.05) is 36.6 Å². The highest BCUT2D eigenvalue weighted by Crippen LogP contribution is 1.67. The van der Waals surface area contributed by atoms with Crippen molar-refractivity contribution in [3.63, 3.8) is 0 Å². The Morgan fingerprint density at radius 2 is 1.67 bits per heavy atom. The minimum absolute atomic E-state index is 0.284. The van der Waals surface area contributed by atoms with Crippen LogP contribution in [-0.4, -0.2) is 78.6 Å². The topological polar surface area (TPSA) is 0 Å². The van der Waals surface area contributed by atoms with E-state index < -0.39 is 0 Å². The predicted molar refractivity (Wildman–Crippen MR) is 76.9 cm³/mol. The molecule has 0 rings (SSSR count). The lowest BCUT2D eigenvalue weighted by Gasteiger charge is -2.06. The molecule has 1 atom stereocenters. The lowest BCUT2D eigenvalue weighted by atomic mass is 26.0. The van der Waals surface area contributed by atoms with E-state index in [9.17, 15) is 0 Å². The molecule has 0 aliphatic rings. The lowest BCUT2D eigenvalue weighted by molar-refractivity contribution is 3.71. The maximum atomic E-state index is 1.76. The van der Waals surface area contributed by atoms with Crippen LogP contribution in [0, 0.1) is 0 Å². The maximum absolute atomic E-state index is 1.76. The molecule has 0 aliphatic heterocycles. The highest BCUT2D eigenvalue weighted by Gasteiger charge is 2.03. The first-order valence-corrected chi connectivity index (χ1v) is 33.6. The molecular formula is H18Si9. The Balaban J connectivity index is 4.02. The van der Waals surface area contributed by atoms with Gasteiger partial charge >= 0.3 is 0 Å². The largest absolute Gasteiger partial charge is 0.0571 e. The predicted octanol–water partition coefficient (Wildman–Crippen LogP) is -8.25. The molecule has 0 bridgehead atoms. The van der Waals surface area contributed by atoms with Crippen LogP contribution in [0.3, 0.4) is 0 Å². The Hall–Kier alpha value is 1.95. The Morgan fingerprint density at radius 3 is 1.78 bits per heavy atom. The summed E-state index contributed by atoms with van der Waals surface area (Å²) in [6.45, 7) is 1.20. The summed E-state index contributed by atoms with van der Waals surface area (Å²) in [6, 6.07) is 0. The van der Waals surface area contributed by atoms with Crippen LogP contribution in [0.1, 0.15) is 0 Å². The summed E-state index contributed by atoms with van der Waals surface area (Å²) in [5.41, 5.74) is 0. The first-order valence-electron chi connectivity index (χ1n) is 3.73. The highest BCUT2D eigenvalue weighted by molar-refractivity contribution is 7.81. The van der Waals surface area contributed by atoms with Gasteiger partial charge in [0.2, 0.25) is 0 Å². The van der Waals surface area contributed by atoms with E-state index in [1.165, 1.54) is 0 Å². The fraction of sp³-hybridized carbons (Fsp3) is 0. The quantitative estimate of drug-likeness (QED) is 0.438. The second kappa shape index (κ2) is 5.58. The Bertz CT molecular complexity index is 105. The monoisotopic (exact) mass is 270 g/mol. The first-order chi connectivity index (χ1) is 4.09. The van der Waals surface area contributed by atoms with Gasteiger partial charge in [-0.3, -0.25) is 0 Å². The molecule has 0 saturated heterocycles. The van der Waals surface area contributed by atoms with Crippen LogP contribution >= 0.6 is 0 Å². The summed E-state index contributed by atoms with van der Waals surface area (Å²) in [6.07, 6.45) is 0. The summed E-state index contributed by atoms with van der Waals surface area (Å²) in [7, 11) is 9.60. The van der Waals surface area contributed by atoms with Crippen LogP contribution in [-0.2, 0) is 0 Å². The van der Waals surface area contributed by atoms with E-state index in [0.717, 1.165) is 8.55 Å². The molecule has 0 amide bonds. The Morgan fingerprint density at radius 1 is 1.22 bits per heavy atom. The van der Waals surface area contributed by atoms with Crippen molar-refractivity contribution in [2.24, 2.45) is 0 Å². The van der Waals surface area contributed by atoms with Gasteiger partial charge in [0.05, 0.1) is 0 Å². The van der Waals surface area contributed by atoms with Crippen LogP contribution < -0.4 is 0 Å². The molecule has 0 aromatic carbocycles. The van der Waals surface area contributed by atoms with E-state index in [0.29, 0.717) is 13.9 Å². The fourth-order valence-corrected chi connectivity index (χ4v) is 194. The van der Waals surface area contributed by atoms with E-state index >= 15 is 0 Å². The molecule has 0 aliphatic carbocycles. The molecule has 9 heavy (non-hydrogen) atoms. The molecule has 0 saturated carbocycles. The summed E-state index contributed by atoms with van der Waals surface area (Å²) in [5, 5.41) is 0. The summed E-state index contributed by atoms with van der Waals surface area (Å²) in [4.78, 5) is 0. The van der Waals surface area contributed by atoms with Crippen molar-refractivity contribution in [3.05, 3.63) is 0 Å². The van der Waals surface area contributed by atoms with Crippen LogP contribution in [0.4, 0.5) is 0 Å². The minimum Gasteiger partial charge on any atom is -0.0571 e. The van der Waals surface area contributed by atoms with Gasteiger partial charge in [0.1, 0.15) is 0 Å². The third kappa shape index (κ3) is 4.41. The highest BCUT2D eigenvalue weighted by atomic mass is 30.1. The normalized spacial score (nSPS) is 16.0. The first kappa shape index (κ1) is 11.0. The van der Waals surface area contributed by atoms with Gasteiger partial charge < -0.3 is 0 Å². The standard InChI is InChI=1S/H18Si9/c1-6-8(4)9(5)7(2)3/h8H,6H2,1-5H3. The molecular weight excluding hydrogens is 253 g/mol. The molecule has 0 heterocycles. The fourth-order valence-electron chi connectivity index (χ4n) is 0.799. The van der Waals surface area contributed by atoms with Gasteiger partial charge in [0.25, 0.3) is 0 Å². The molecule has 0 nitrogen and oxygen atoms in total. The second-order valence-corrected chi connectivity index (χ2v) is 80.8. The van der Waals surface area contributed by atoms with Crippen molar-refractivity contribution in [3.8, 4) is 0 Å². The van der Waals surface area contributed by atoms with Crippen LogP contribution in [0.15, 0.2) is 0 Å². The van der Waals surface area contributed by atoms with E-state index in [1.807, 2.05) is 0 Å². The summed E-state index contributed by atoms with van der Waals surface area (Å²) < 4.78 is 0. The van der Waals surface area contributed by atoms with Crippen LogP contribution in [0.5, 0.6) is 0 Å². The van der Waals surface area contributed by atoms with E-state index in [1.54, 1.807) is 48.8 Å². The number of rotatable bonds is 2. The average molecular weight is 271 g/mol. The SMILES string of the molecule is [SiH3][SiH2][SiH]([SiH3])[Si]([SiH3])=[Si]([SiH3])[SiH3]. The third-order valence-corrected chi connectivity index (χ3v) is 173. The molecule has 0 N–H and O–H groups in total. The van der Waals surface area contributed by atoms with Crippen molar-refractivity contribution in [2.75, 3.05) is 0 Å². The van der Waals surface area contributed by atoms with Crippen molar-refractivity contribution >= 4 is 78.6 Å². The van der Waals surface area contributed by atoms with E-state index in [-0.39, 0.29) is 7.35 Å². The molecule has 0 spiro atoms. The van der Waals surface area contributed by atoms with Crippen LogP contribution in [0.2, 0.25) is 0 Å². The molecule has 0 radical (unpaired) electrons. The average Bonchev–Trinajstić information content (AvgIpc) is 1.84. The lowest BCUT2D eigenvalue weighted by Crippen LogP contribution is -2.43. The zero-order valence-electron chi connectivity index (χ0n) is 7.28. The van der Waals surface area contributed by atoms with Crippen molar-refractivity contribution < 1.29 is 0 Å². The molecule has 0 fully saturated rings. The zero-order valence-corrected chi connectivity index (χ0v) is 21.9. The molecule has 0 aromatic heterocycles. The minimum atomic E-state index is 0.284. The number of hydrogen-bond donors (Lipinski definition) is 0. The summed E-state index contributed by atoms with van der Waals surface area (Å²) in [5.74, 6) is 0. The van der Waals surface area contributed by atoms with Gasteiger partial charge in [-0.2, -0.15) is 0 Å². The van der Waals surface area contributed by atoms with E-state index in [2.05, 4.69) is 0 Å². The van der Waals surface area contributed by atoms with Crippen LogP contribution in [0.25, 0.3) is 0 Å². The molecule has 1 unspecified atom stereocenters. The van der Waals surface area contributed by atoms with Gasteiger partial charge in [-0.15, -0.1) is 0 Å². The molecule has 54 valence electrons. The van der Waals surface area contributed by atoms with Gasteiger partial charge in [-0.1, -0.05) is 13.9 Å². The van der Waals surface area contributed by atoms with Crippen molar-refractivity contribution in [2.45, 2.75) is 0 Å². The Labute approximate surface area is 78.2 Å². The van der Waals surface area contributed by atoms with Crippen molar-refractivity contribution in [1.29, 1.82) is 0 Å². The smallest absolute Gasteiger partial charge is 0.00944 e. The van der Waals surface area contributed by atoms with Gasteiger partial charge in [0.15, 0.2) is 0 Å². The molecule has 9 heteroatoms. The van der Waals surface area contributed by atoms with Gasteiger partial charge in [-0.25, -0.2) is 0 Å². The number of hydrogen-bond acceptors (Lipinski definition) is 0.